The van der Waals surface area contributed by atoms with Gasteiger partial charge in [0, 0.05) is 45.0 Å². The number of hydrogen-bond donors (Lipinski definition) is 0. The lowest BCUT2D eigenvalue weighted by Crippen LogP contribution is -1.95. The van der Waals surface area contributed by atoms with Gasteiger partial charge in [-0.15, -0.1) is 0 Å². The van der Waals surface area contributed by atoms with E-state index >= 15 is 0 Å². The molecular weight excluding hydrogens is 583 g/mol. The fourth-order valence-electron chi connectivity index (χ4n) is 8.30. The van der Waals surface area contributed by atoms with Gasteiger partial charge < -0.3 is 9.13 Å². The summed E-state index contributed by atoms with van der Waals surface area (Å²) in [6.45, 7) is 0. The van der Waals surface area contributed by atoms with E-state index in [4.69, 9.17) is 0 Å². The van der Waals surface area contributed by atoms with Crippen molar-refractivity contribution in [1.82, 2.24) is 14.1 Å². The Morgan fingerprint density at radius 3 is 1.79 bits per heavy atom. The molecule has 48 heavy (non-hydrogen) atoms. The van der Waals surface area contributed by atoms with Crippen molar-refractivity contribution in [1.29, 1.82) is 0 Å². The summed E-state index contributed by atoms with van der Waals surface area (Å²) in [5.41, 5.74) is 14.8. The van der Waals surface area contributed by atoms with Gasteiger partial charge in [0.25, 0.3) is 0 Å². The SMILES string of the molecule is c1ccc(-n2c3ccncc3c3cc(-c4ccc5c(c4)c4ccccc4n5-c4ccc5c6c(cccc46)-c4ccccc4-5)ccc32)cc1. The van der Waals surface area contributed by atoms with Crippen LogP contribution in [0, 0.1) is 0 Å². The summed E-state index contributed by atoms with van der Waals surface area (Å²) in [4.78, 5) is 4.51. The second-order valence-electron chi connectivity index (χ2n) is 12.8. The van der Waals surface area contributed by atoms with Gasteiger partial charge in [0.15, 0.2) is 0 Å². The molecule has 0 bridgehead atoms. The van der Waals surface area contributed by atoms with Crippen LogP contribution >= 0.6 is 0 Å². The van der Waals surface area contributed by atoms with Crippen molar-refractivity contribution in [2.24, 2.45) is 0 Å². The summed E-state index contributed by atoms with van der Waals surface area (Å²) in [6.07, 6.45) is 3.88. The lowest BCUT2D eigenvalue weighted by atomic mass is 10.0. The molecule has 7 aromatic carbocycles. The average Bonchev–Trinajstić information content (AvgIpc) is 3.78. The Kier molecular flexibility index (Phi) is 5.11. The molecule has 0 N–H and O–H groups in total. The van der Waals surface area contributed by atoms with Crippen molar-refractivity contribution < 1.29 is 0 Å². The third-order valence-electron chi connectivity index (χ3n) is 10.4. The summed E-state index contributed by atoms with van der Waals surface area (Å²) in [5.74, 6) is 0. The molecule has 222 valence electrons. The highest BCUT2D eigenvalue weighted by molar-refractivity contribution is 6.19. The molecule has 3 nitrogen and oxygen atoms in total. The van der Waals surface area contributed by atoms with Crippen LogP contribution in [0.5, 0.6) is 0 Å². The summed E-state index contributed by atoms with van der Waals surface area (Å²) in [7, 11) is 0. The maximum Gasteiger partial charge on any atom is 0.0571 e. The zero-order valence-corrected chi connectivity index (χ0v) is 25.9. The molecule has 0 radical (unpaired) electrons. The number of rotatable bonds is 3. The fraction of sp³-hybridized carbons (Fsp3) is 0. The largest absolute Gasteiger partial charge is 0.309 e. The molecule has 0 atom stereocenters. The fourth-order valence-corrected chi connectivity index (χ4v) is 8.30. The van der Waals surface area contributed by atoms with E-state index in [2.05, 4.69) is 166 Å². The monoisotopic (exact) mass is 609 g/mol. The second-order valence-corrected chi connectivity index (χ2v) is 12.8. The summed E-state index contributed by atoms with van der Waals surface area (Å²) >= 11 is 0. The smallest absolute Gasteiger partial charge is 0.0571 e. The van der Waals surface area contributed by atoms with Crippen molar-refractivity contribution in [3.05, 3.63) is 164 Å². The van der Waals surface area contributed by atoms with E-state index in [1.807, 2.05) is 12.4 Å². The topological polar surface area (TPSA) is 22.8 Å². The number of aromatic nitrogens is 3. The molecule has 11 rings (SSSR count). The van der Waals surface area contributed by atoms with Crippen molar-refractivity contribution in [2.45, 2.75) is 0 Å². The van der Waals surface area contributed by atoms with Gasteiger partial charge in [0.2, 0.25) is 0 Å². The van der Waals surface area contributed by atoms with Gasteiger partial charge in [-0.1, -0.05) is 97.1 Å². The minimum Gasteiger partial charge on any atom is -0.309 e. The molecule has 0 spiro atoms. The Bertz CT molecular complexity index is 2910. The standard InChI is InChI=1S/C45H27N3/c1-2-9-30(10-3-1)47-42-20-17-29(26-38(42)39-27-46-24-23-44(39)47)28-18-21-43-37(25-28)33-13-6-7-16-40(33)48(43)41-22-19-35-32-12-5-4-11-31(32)34-14-8-15-36(41)45(34)35/h1-27H. The van der Waals surface area contributed by atoms with Crippen molar-refractivity contribution in [3.8, 4) is 44.8 Å². The van der Waals surface area contributed by atoms with Crippen molar-refractivity contribution in [2.75, 3.05) is 0 Å². The number of para-hydroxylation sites is 2. The van der Waals surface area contributed by atoms with E-state index in [0.717, 1.165) is 16.6 Å². The van der Waals surface area contributed by atoms with Gasteiger partial charge in [-0.2, -0.15) is 0 Å². The minimum atomic E-state index is 1.15. The van der Waals surface area contributed by atoms with Crippen LogP contribution in [0.4, 0.5) is 0 Å². The molecule has 0 saturated carbocycles. The Labute approximate surface area is 276 Å². The van der Waals surface area contributed by atoms with E-state index in [1.54, 1.807) is 0 Å². The van der Waals surface area contributed by atoms with Crippen LogP contribution in [-0.2, 0) is 0 Å². The molecule has 10 aromatic rings. The Morgan fingerprint density at radius 1 is 0.375 bits per heavy atom. The Morgan fingerprint density at radius 2 is 0.979 bits per heavy atom. The molecule has 0 amide bonds. The van der Waals surface area contributed by atoms with E-state index < -0.39 is 0 Å². The molecule has 0 aliphatic heterocycles. The van der Waals surface area contributed by atoms with Crippen LogP contribution in [0.1, 0.15) is 0 Å². The van der Waals surface area contributed by atoms with Crippen LogP contribution in [0.15, 0.2) is 164 Å². The third kappa shape index (κ3) is 3.40. The molecule has 0 unspecified atom stereocenters. The highest BCUT2D eigenvalue weighted by Gasteiger charge is 2.24. The van der Waals surface area contributed by atoms with Crippen molar-refractivity contribution in [3.63, 3.8) is 0 Å². The van der Waals surface area contributed by atoms with Crippen LogP contribution in [0.25, 0.3) is 99.1 Å². The van der Waals surface area contributed by atoms with Crippen molar-refractivity contribution >= 4 is 54.4 Å². The molecule has 1 aliphatic carbocycles. The lowest BCUT2D eigenvalue weighted by molar-refractivity contribution is 1.17. The van der Waals surface area contributed by atoms with E-state index in [-0.39, 0.29) is 0 Å². The highest BCUT2D eigenvalue weighted by Crippen LogP contribution is 2.49. The highest BCUT2D eigenvalue weighted by atomic mass is 15.0. The predicted octanol–water partition coefficient (Wildman–Crippen LogP) is 11.7. The Hall–Kier alpha value is -6.45. The van der Waals surface area contributed by atoms with E-state index in [1.165, 1.54) is 82.5 Å². The quantitative estimate of drug-likeness (QED) is 0.195. The van der Waals surface area contributed by atoms with Gasteiger partial charge in [0.05, 0.1) is 27.8 Å². The zero-order valence-electron chi connectivity index (χ0n) is 25.9. The summed E-state index contributed by atoms with van der Waals surface area (Å²) in [6, 6.07) is 55.5. The molecule has 3 heterocycles. The molecule has 3 aromatic heterocycles. The number of pyridine rings is 1. The van der Waals surface area contributed by atoms with Gasteiger partial charge >= 0.3 is 0 Å². The van der Waals surface area contributed by atoms with Crippen LogP contribution in [-0.4, -0.2) is 14.1 Å². The van der Waals surface area contributed by atoms with Crippen LogP contribution < -0.4 is 0 Å². The summed E-state index contributed by atoms with van der Waals surface area (Å²) < 4.78 is 4.80. The second kappa shape index (κ2) is 9.54. The maximum absolute atomic E-state index is 4.51. The molecule has 1 aliphatic rings. The van der Waals surface area contributed by atoms with E-state index in [9.17, 15) is 0 Å². The maximum atomic E-state index is 4.51. The van der Waals surface area contributed by atoms with Crippen LogP contribution in [0.3, 0.4) is 0 Å². The lowest BCUT2D eigenvalue weighted by Gasteiger charge is -2.13. The van der Waals surface area contributed by atoms with E-state index in [0.29, 0.717) is 0 Å². The molecule has 0 fully saturated rings. The molecule has 3 heteroatoms. The summed E-state index contributed by atoms with van der Waals surface area (Å²) in [5, 5.41) is 7.49. The number of hydrogen-bond acceptors (Lipinski definition) is 1. The molecular formula is C45H27N3. The third-order valence-corrected chi connectivity index (χ3v) is 10.4. The predicted molar refractivity (Wildman–Crippen MR) is 200 cm³/mol. The zero-order chi connectivity index (χ0) is 31.3. The van der Waals surface area contributed by atoms with Gasteiger partial charge in [0.1, 0.15) is 0 Å². The normalized spacial score (nSPS) is 12.2. The van der Waals surface area contributed by atoms with Gasteiger partial charge in [-0.25, -0.2) is 0 Å². The average molecular weight is 610 g/mol. The first-order valence-corrected chi connectivity index (χ1v) is 16.5. The number of benzene rings is 7. The van der Waals surface area contributed by atoms with Crippen LogP contribution in [0.2, 0.25) is 0 Å². The van der Waals surface area contributed by atoms with Gasteiger partial charge in [-0.3, -0.25) is 4.98 Å². The molecule has 0 saturated heterocycles. The Balaban J connectivity index is 1.13. The first-order valence-electron chi connectivity index (χ1n) is 16.5. The number of fused-ring (bicyclic) bond motifs is 9. The minimum absolute atomic E-state index is 1.15. The first-order chi connectivity index (χ1) is 23.8. The number of nitrogens with zero attached hydrogens (tertiary/aromatic N) is 3. The van der Waals surface area contributed by atoms with Gasteiger partial charge in [-0.05, 0) is 93.4 Å². The first kappa shape index (κ1) is 25.7.